The summed E-state index contributed by atoms with van der Waals surface area (Å²) in [5.74, 6) is 0. The second-order valence-electron chi connectivity index (χ2n) is 3.52. The highest BCUT2D eigenvalue weighted by Crippen LogP contribution is 2.30. The highest BCUT2D eigenvalue weighted by Gasteiger charge is 2.07. The number of sulfonamides is 1. The summed E-state index contributed by atoms with van der Waals surface area (Å²) >= 11 is 3.42. The molecule has 0 saturated heterocycles. The number of benzene rings is 2. The van der Waals surface area contributed by atoms with E-state index in [4.69, 9.17) is 0 Å². The van der Waals surface area contributed by atoms with Crippen molar-refractivity contribution >= 4 is 42.4 Å². The van der Waals surface area contributed by atoms with Gasteiger partial charge in [0.2, 0.25) is 10.0 Å². The van der Waals surface area contributed by atoms with E-state index >= 15 is 0 Å². The molecule has 0 bridgehead atoms. The average molecular weight is 300 g/mol. The number of hydrogen-bond donors (Lipinski definition) is 1. The van der Waals surface area contributed by atoms with Crippen molar-refractivity contribution in [3.8, 4) is 0 Å². The van der Waals surface area contributed by atoms with Crippen LogP contribution in [0.3, 0.4) is 0 Å². The number of hydrogen-bond acceptors (Lipinski definition) is 2. The molecule has 0 unspecified atom stereocenters. The number of nitrogens with one attached hydrogen (secondary N) is 1. The molecule has 2 aromatic rings. The fraction of sp³-hybridized carbons (Fsp3) is 0.0909. The zero-order valence-corrected chi connectivity index (χ0v) is 11.0. The van der Waals surface area contributed by atoms with Crippen LogP contribution in [0.2, 0.25) is 0 Å². The SMILES string of the molecule is CS(=O)(=O)Nc1cccc2cccc(Br)c12. The van der Waals surface area contributed by atoms with Crippen LogP contribution >= 0.6 is 15.9 Å². The second-order valence-corrected chi connectivity index (χ2v) is 6.12. The first-order valence-corrected chi connectivity index (χ1v) is 7.31. The maximum absolute atomic E-state index is 11.2. The molecule has 3 nitrogen and oxygen atoms in total. The van der Waals surface area contributed by atoms with Gasteiger partial charge in [-0.05, 0) is 17.5 Å². The van der Waals surface area contributed by atoms with E-state index in [2.05, 4.69) is 20.7 Å². The third-order valence-corrected chi connectivity index (χ3v) is 3.40. The molecular weight excluding hydrogens is 290 g/mol. The zero-order valence-electron chi connectivity index (χ0n) is 8.57. The van der Waals surface area contributed by atoms with Gasteiger partial charge in [-0.25, -0.2) is 8.42 Å². The van der Waals surface area contributed by atoms with Gasteiger partial charge in [-0.1, -0.05) is 40.2 Å². The highest BCUT2D eigenvalue weighted by molar-refractivity contribution is 9.10. The molecule has 0 aromatic heterocycles. The Morgan fingerprint density at radius 2 is 1.75 bits per heavy atom. The summed E-state index contributed by atoms with van der Waals surface area (Å²) in [6.07, 6.45) is 1.14. The van der Waals surface area contributed by atoms with E-state index in [1.54, 1.807) is 6.07 Å². The van der Waals surface area contributed by atoms with Gasteiger partial charge in [0.25, 0.3) is 0 Å². The molecule has 0 saturated carbocycles. The maximum atomic E-state index is 11.2. The minimum Gasteiger partial charge on any atom is -0.283 e. The van der Waals surface area contributed by atoms with E-state index in [0.29, 0.717) is 5.69 Å². The summed E-state index contributed by atoms with van der Waals surface area (Å²) in [5, 5.41) is 1.86. The molecular formula is C11H10BrNO2S. The van der Waals surface area contributed by atoms with Gasteiger partial charge < -0.3 is 0 Å². The lowest BCUT2D eigenvalue weighted by molar-refractivity contribution is 0.607. The normalized spacial score (nSPS) is 11.6. The van der Waals surface area contributed by atoms with Crippen molar-refractivity contribution in [3.05, 3.63) is 40.9 Å². The molecule has 5 heteroatoms. The third kappa shape index (κ3) is 2.36. The Morgan fingerprint density at radius 3 is 2.38 bits per heavy atom. The monoisotopic (exact) mass is 299 g/mol. The third-order valence-electron chi connectivity index (χ3n) is 2.15. The lowest BCUT2D eigenvalue weighted by Gasteiger charge is -2.09. The van der Waals surface area contributed by atoms with Crippen molar-refractivity contribution in [1.29, 1.82) is 0 Å². The van der Waals surface area contributed by atoms with Crippen molar-refractivity contribution in [2.24, 2.45) is 0 Å². The fourth-order valence-corrected chi connectivity index (χ4v) is 2.74. The highest BCUT2D eigenvalue weighted by atomic mass is 79.9. The van der Waals surface area contributed by atoms with Crippen molar-refractivity contribution < 1.29 is 8.42 Å². The molecule has 2 aromatic carbocycles. The first-order valence-electron chi connectivity index (χ1n) is 4.62. The van der Waals surface area contributed by atoms with Crippen LogP contribution in [0.15, 0.2) is 40.9 Å². The van der Waals surface area contributed by atoms with E-state index in [-0.39, 0.29) is 0 Å². The second kappa shape index (κ2) is 4.07. The molecule has 16 heavy (non-hydrogen) atoms. The Labute approximate surface area is 103 Å². The van der Waals surface area contributed by atoms with Crippen LogP contribution in [0.1, 0.15) is 0 Å². The van der Waals surface area contributed by atoms with Crippen molar-refractivity contribution in [2.75, 3.05) is 11.0 Å². The minimum atomic E-state index is -3.26. The van der Waals surface area contributed by atoms with Crippen LogP contribution in [0, 0.1) is 0 Å². The Kier molecular flexibility index (Phi) is 2.90. The first-order chi connectivity index (χ1) is 7.47. The van der Waals surface area contributed by atoms with Gasteiger partial charge in [0.1, 0.15) is 0 Å². The van der Waals surface area contributed by atoms with Crippen LogP contribution in [0.4, 0.5) is 5.69 Å². The Balaban J connectivity index is 2.70. The van der Waals surface area contributed by atoms with Gasteiger partial charge in [0.15, 0.2) is 0 Å². The molecule has 2 rings (SSSR count). The molecule has 0 fully saturated rings. The molecule has 1 N–H and O–H groups in total. The molecule has 0 heterocycles. The fourth-order valence-electron chi connectivity index (χ4n) is 1.58. The zero-order chi connectivity index (χ0) is 11.8. The van der Waals surface area contributed by atoms with Crippen LogP contribution < -0.4 is 4.72 Å². The predicted molar refractivity (Wildman–Crippen MR) is 70.1 cm³/mol. The molecule has 0 radical (unpaired) electrons. The van der Waals surface area contributed by atoms with Gasteiger partial charge in [0, 0.05) is 9.86 Å². The van der Waals surface area contributed by atoms with Gasteiger partial charge in [-0.15, -0.1) is 0 Å². The van der Waals surface area contributed by atoms with Gasteiger partial charge in [-0.3, -0.25) is 4.72 Å². The quantitative estimate of drug-likeness (QED) is 0.927. The summed E-state index contributed by atoms with van der Waals surface area (Å²) in [4.78, 5) is 0. The molecule has 0 aliphatic rings. The Morgan fingerprint density at radius 1 is 1.12 bits per heavy atom. The van der Waals surface area contributed by atoms with E-state index in [1.165, 1.54) is 0 Å². The largest absolute Gasteiger partial charge is 0.283 e. The standard InChI is InChI=1S/C11H10BrNO2S/c1-16(14,15)13-10-7-3-5-8-4-2-6-9(12)11(8)10/h2-7,13H,1H3. The maximum Gasteiger partial charge on any atom is 0.229 e. The smallest absolute Gasteiger partial charge is 0.229 e. The average Bonchev–Trinajstić information content (AvgIpc) is 2.15. The molecule has 0 atom stereocenters. The number of rotatable bonds is 2. The molecule has 0 aliphatic carbocycles. The van der Waals surface area contributed by atoms with E-state index in [9.17, 15) is 8.42 Å². The topological polar surface area (TPSA) is 46.2 Å². The van der Waals surface area contributed by atoms with Gasteiger partial charge in [0.05, 0.1) is 11.9 Å². The summed E-state index contributed by atoms with van der Waals surface area (Å²) in [7, 11) is -3.26. The van der Waals surface area contributed by atoms with Crippen molar-refractivity contribution in [2.45, 2.75) is 0 Å². The molecule has 84 valence electrons. The van der Waals surface area contributed by atoms with Crippen LogP contribution in [0.25, 0.3) is 10.8 Å². The minimum absolute atomic E-state index is 0.590. The van der Waals surface area contributed by atoms with E-state index in [1.807, 2.05) is 30.3 Å². The number of anilines is 1. The first kappa shape index (κ1) is 11.4. The summed E-state index contributed by atoms with van der Waals surface area (Å²) in [5.41, 5.74) is 0.590. The molecule has 0 amide bonds. The number of fused-ring (bicyclic) bond motifs is 1. The Hall–Kier alpha value is -1.07. The molecule has 0 spiro atoms. The van der Waals surface area contributed by atoms with Crippen LogP contribution in [-0.4, -0.2) is 14.7 Å². The van der Waals surface area contributed by atoms with Crippen LogP contribution in [-0.2, 0) is 10.0 Å². The Bertz CT molecular complexity index is 632. The van der Waals surface area contributed by atoms with E-state index < -0.39 is 10.0 Å². The van der Waals surface area contributed by atoms with Gasteiger partial charge >= 0.3 is 0 Å². The van der Waals surface area contributed by atoms with Crippen LogP contribution in [0.5, 0.6) is 0 Å². The summed E-state index contributed by atoms with van der Waals surface area (Å²) < 4.78 is 25.8. The van der Waals surface area contributed by atoms with E-state index in [0.717, 1.165) is 21.5 Å². The van der Waals surface area contributed by atoms with Crippen molar-refractivity contribution in [3.63, 3.8) is 0 Å². The van der Waals surface area contributed by atoms with Gasteiger partial charge in [-0.2, -0.15) is 0 Å². The summed E-state index contributed by atoms with van der Waals surface area (Å²) in [6, 6.07) is 11.2. The summed E-state index contributed by atoms with van der Waals surface area (Å²) in [6.45, 7) is 0. The predicted octanol–water partition coefficient (Wildman–Crippen LogP) is 2.97. The lowest BCUT2D eigenvalue weighted by atomic mass is 10.1. The molecule has 0 aliphatic heterocycles. The van der Waals surface area contributed by atoms with Crippen molar-refractivity contribution in [1.82, 2.24) is 0 Å². The number of halogens is 1. The lowest BCUT2D eigenvalue weighted by Crippen LogP contribution is -2.09.